The highest BCUT2D eigenvalue weighted by molar-refractivity contribution is 7.07. The van der Waals surface area contributed by atoms with Crippen LogP contribution in [0.25, 0.3) is 0 Å². The van der Waals surface area contributed by atoms with E-state index in [1.165, 1.54) is 5.56 Å². The van der Waals surface area contributed by atoms with Gasteiger partial charge in [-0.1, -0.05) is 18.2 Å². The number of para-hydroxylation sites is 1. The zero-order valence-electron chi connectivity index (χ0n) is 13.3. The lowest BCUT2D eigenvalue weighted by molar-refractivity contribution is 0.0160. The molecular formula is C18H24N2O2S. The molecule has 0 amide bonds. The lowest BCUT2D eigenvalue weighted by Gasteiger charge is -2.32. The minimum atomic E-state index is -0.369. The minimum Gasteiger partial charge on any atom is -0.390 e. The summed E-state index contributed by atoms with van der Waals surface area (Å²) in [7, 11) is 0. The Hall–Kier alpha value is -1.40. The summed E-state index contributed by atoms with van der Waals surface area (Å²) in [6, 6.07) is 12.5. The third-order valence-corrected chi connectivity index (χ3v) is 4.81. The Bertz CT molecular complexity index is 556. The molecule has 124 valence electrons. The van der Waals surface area contributed by atoms with Gasteiger partial charge in [-0.25, -0.2) is 0 Å². The minimum absolute atomic E-state index is 0.369. The topological polar surface area (TPSA) is 35.9 Å². The summed E-state index contributed by atoms with van der Waals surface area (Å²) in [5.74, 6) is 0. The van der Waals surface area contributed by atoms with E-state index in [1.807, 2.05) is 18.2 Å². The van der Waals surface area contributed by atoms with Gasteiger partial charge in [-0.05, 0) is 34.5 Å². The van der Waals surface area contributed by atoms with Crippen molar-refractivity contribution < 1.29 is 9.84 Å². The van der Waals surface area contributed by atoms with E-state index in [1.54, 1.807) is 11.3 Å². The van der Waals surface area contributed by atoms with E-state index in [0.717, 1.165) is 38.5 Å². The van der Waals surface area contributed by atoms with Gasteiger partial charge >= 0.3 is 0 Å². The predicted octanol–water partition coefficient (Wildman–Crippen LogP) is 2.45. The molecular weight excluding hydrogens is 308 g/mol. The van der Waals surface area contributed by atoms with Crippen LogP contribution in [0, 0.1) is 0 Å². The number of β-amino-alcohol motifs (C(OH)–C–C–N with tert-alkyl or cyclic N) is 1. The molecule has 5 heteroatoms. The van der Waals surface area contributed by atoms with Gasteiger partial charge < -0.3 is 14.7 Å². The second-order valence-electron chi connectivity index (χ2n) is 5.91. The van der Waals surface area contributed by atoms with Crippen molar-refractivity contribution in [2.45, 2.75) is 12.6 Å². The molecule has 1 aromatic carbocycles. The van der Waals surface area contributed by atoms with Gasteiger partial charge in [0.2, 0.25) is 0 Å². The third kappa shape index (κ3) is 5.04. The van der Waals surface area contributed by atoms with Crippen LogP contribution < -0.4 is 4.90 Å². The first-order valence-corrected chi connectivity index (χ1v) is 9.05. The second-order valence-corrected chi connectivity index (χ2v) is 6.69. The molecule has 0 spiro atoms. The summed E-state index contributed by atoms with van der Waals surface area (Å²) in [6.07, 6.45) is -0.369. The maximum atomic E-state index is 10.5. The Morgan fingerprint density at radius 3 is 2.65 bits per heavy atom. The molecule has 4 nitrogen and oxygen atoms in total. The third-order valence-electron chi connectivity index (χ3n) is 4.08. The monoisotopic (exact) mass is 332 g/mol. The second kappa shape index (κ2) is 8.45. The number of hydrogen-bond donors (Lipinski definition) is 1. The van der Waals surface area contributed by atoms with E-state index < -0.39 is 0 Å². The van der Waals surface area contributed by atoms with Gasteiger partial charge in [0, 0.05) is 38.4 Å². The van der Waals surface area contributed by atoms with E-state index in [4.69, 9.17) is 4.74 Å². The van der Waals surface area contributed by atoms with Crippen LogP contribution in [0.15, 0.2) is 47.2 Å². The first-order chi connectivity index (χ1) is 11.3. The molecule has 0 radical (unpaired) electrons. The molecule has 1 atom stereocenters. The molecule has 0 aliphatic carbocycles. The van der Waals surface area contributed by atoms with Crippen LogP contribution in [0.3, 0.4) is 0 Å². The first kappa shape index (κ1) is 16.5. The molecule has 1 fully saturated rings. The van der Waals surface area contributed by atoms with Gasteiger partial charge in [-0.3, -0.25) is 4.90 Å². The molecule has 1 aromatic heterocycles. The van der Waals surface area contributed by atoms with Crippen LogP contribution >= 0.6 is 11.3 Å². The maximum absolute atomic E-state index is 10.5. The number of ether oxygens (including phenoxy) is 1. The number of rotatable bonds is 7. The molecule has 2 aromatic rings. The van der Waals surface area contributed by atoms with Gasteiger partial charge in [0.15, 0.2) is 0 Å². The van der Waals surface area contributed by atoms with Crippen LogP contribution in [-0.2, 0) is 11.3 Å². The number of aliphatic hydroxyl groups is 1. The number of thiophene rings is 1. The fourth-order valence-corrected chi connectivity index (χ4v) is 3.56. The van der Waals surface area contributed by atoms with Crippen molar-refractivity contribution in [2.75, 3.05) is 44.3 Å². The van der Waals surface area contributed by atoms with Crippen molar-refractivity contribution >= 4 is 17.0 Å². The molecule has 1 unspecified atom stereocenters. The molecule has 1 aliphatic heterocycles. The lowest BCUT2D eigenvalue weighted by Crippen LogP contribution is -2.44. The number of aliphatic hydroxyl groups excluding tert-OH is 1. The van der Waals surface area contributed by atoms with Gasteiger partial charge in [0.25, 0.3) is 0 Å². The number of anilines is 1. The van der Waals surface area contributed by atoms with E-state index >= 15 is 0 Å². The number of hydrogen-bond acceptors (Lipinski definition) is 5. The van der Waals surface area contributed by atoms with Crippen molar-refractivity contribution in [1.82, 2.24) is 4.90 Å². The summed E-state index contributed by atoms with van der Waals surface area (Å²) < 4.78 is 5.37. The molecule has 3 rings (SSSR count). The van der Waals surface area contributed by atoms with Crippen molar-refractivity contribution in [3.8, 4) is 0 Å². The number of benzene rings is 1. The van der Waals surface area contributed by atoms with E-state index in [0.29, 0.717) is 13.1 Å². The molecule has 2 heterocycles. The number of nitrogens with zero attached hydrogens (tertiary/aromatic N) is 2. The zero-order valence-corrected chi connectivity index (χ0v) is 14.1. The molecule has 23 heavy (non-hydrogen) atoms. The van der Waals surface area contributed by atoms with Gasteiger partial charge in [-0.15, -0.1) is 0 Å². The van der Waals surface area contributed by atoms with Crippen molar-refractivity contribution in [2.24, 2.45) is 0 Å². The average molecular weight is 332 g/mol. The molecule has 0 bridgehead atoms. The normalized spacial score (nSPS) is 17.1. The highest BCUT2D eigenvalue weighted by Gasteiger charge is 2.18. The highest BCUT2D eigenvalue weighted by atomic mass is 32.1. The van der Waals surface area contributed by atoms with Crippen LogP contribution in [0.2, 0.25) is 0 Å². The zero-order chi connectivity index (χ0) is 15.9. The summed E-state index contributed by atoms with van der Waals surface area (Å²) in [5.41, 5.74) is 2.44. The maximum Gasteiger partial charge on any atom is 0.0841 e. The van der Waals surface area contributed by atoms with Gasteiger partial charge in [0.05, 0.1) is 19.3 Å². The summed E-state index contributed by atoms with van der Waals surface area (Å²) in [6.45, 7) is 5.52. The van der Waals surface area contributed by atoms with Crippen molar-refractivity contribution in [1.29, 1.82) is 0 Å². The fourth-order valence-electron chi connectivity index (χ4n) is 2.90. The average Bonchev–Trinajstić information content (AvgIpc) is 3.09. The quantitative estimate of drug-likeness (QED) is 0.845. The Morgan fingerprint density at radius 2 is 1.96 bits per heavy atom. The van der Waals surface area contributed by atoms with E-state index in [9.17, 15) is 5.11 Å². The Morgan fingerprint density at radius 1 is 1.17 bits per heavy atom. The summed E-state index contributed by atoms with van der Waals surface area (Å²) >= 11 is 1.71. The highest BCUT2D eigenvalue weighted by Crippen LogP contribution is 2.19. The summed E-state index contributed by atoms with van der Waals surface area (Å²) in [5, 5.41) is 14.8. The smallest absolute Gasteiger partial charge is 0.0841 e. The molecule has 1 saturated heterocycles. The largest absolute Gasteiger partial charge is 0.390 e. The van der Waals surface area contributed by atoms with Crippen molar-refractivity contribution in [3.63, 3.8) is 0 Å². The van der Waals surface area contributed by atoms with Crippen LogP contribution in [0.5, 0.6) is 0 Å². The fraction of sp³-hybridized carbons (Fsp3) is 0.444. The Kier molecular flexibility index (Phi) is 6.05. The molecule has 0 saturated carbocycles. The lowest BCUT2D eigenvalue weighted by atomic mass is 10.2. The molecule has 1 N–H and O–H groups in total. The van der Waals surface area contributed by atoms with Crippen LogP contribution in [0.1, 0.15) is 5.56 Å². The van der Waals surface area contributed by atoms with Crippen molar-refractivity contribution in [3.05, 3.63) is 52.7 Å². The van der Waals surface area contributed by atoms with Crippen LogP contribution in [0.4, 0.5) is 5.69 Å². The van der Waals surface area contributed by atoms with E-state index in [2.05, 4.69) is 38.8 Å². The standard InChI is InChI=1S/C18H24N2O2S/c21-18(13-19-7-9-22-10-8-19)14-20(12-16-6-11-23-15-16)17-4-2-1-3-5-17/h1-6,11,15,18,21H,7-10,12-14H2. The SMILES string of the molecule is OC(CN1CCOCC1)CN(Cc1ccsc1)c1ccccc1. The van der Waals surface area contributed by atoms with Gasteiger partial charge in [-0.2, -0.15) is 11.3 Å². The molecule has 1 aliphatic rings. The summed E-state index contributed by atoms with van der Waals surface area (Å²) in [4.78, 5) is 4.54. The van der Waals surface area contributed by atoms with Crippen LogP contribution in [-0.4, -0.2) is 55.5 Å². The first-order valence-electron chi connectivity index (χ1n) is 8.10. The number of morpholine rings is 1. The van der Waals surface area contributed by atoms with Gasteiger partial charge in [0.1, 0.15) is 0 Å². The predicted molar refractivity (Wildman–Crippen MR) is 95.1 cm³/mol. The Labute approximate surface area is 141 Å². The Balaban J connectivity index is 1.62. The van der Waals surface area contributed by atoms with E-state index in [-0.39, 0.29) is 6.10 Å².